The maximum atomic E-state index is 9.29. The maximum Gasteiger partial charge on any atom is 0.194 e. The lowest BCUT2D eigenvalue weighted by Gasteiger charge is -2.37. The normalized spacial score (nSPS) is 14.1. The van der Waals surface area contributed by atoms with E-state index < -0.39 is 14.4 Å². The average molecular weight is 282 g/mol. The Balaban J connectivity index is 2.94. The minimum absolute atomic E-state index is 0.0918. The highest BCUT2D eigenvalue weighted by atomic mass is 35.5. The van der Waals surface area contributed by atoms with Crippen molar-refractivity contribution >= 4 is 19.9 Å². The summed E-state index contributed by atoms with van der Waals surface area (Å²) in [5, 5.41) is 10.1. The van der Waals surface area contributed by atoms with E-state index in [0.717, 1.165) is 5.56 Å². The summed E-state index contributed by atoms with van der Waals surface area (Å²) in [4.78, 5) is 0. The second kappa shape index (κ2) is 5.44. The molecular weight excluding hydrogens is 262 g/mol. The predicted molar refractivity (Wildman–Crippen MR) is 78.1 cm³/mol. The van der Waals surface area contributed by atoms with Gasteiger partial charge >= 0.3 is 0 Å². The summed E-state index contributed by atoms with van der Waals surface area (Å²) in [7, 11) is -1.94. The van der Waals surface area contributed by atoms with Crippen molar-refractivity contribution in [2.45, 2.75) is 45.0 Å². The van der Waals surface area contributed by atoms with Crippen molar-refractivity contribution in [1.29, 1.82) is 5.26 Å². The quantitative estimate of drug-likeness (QED) is 0.736. The van der Waals surface area contributed by atoms with Crippen molar-refractivity contribution in [3.8, 4) is 6.07 Å². The fourth-order valence-electron chi connectivity index (χ4n) is 1.28. The molecule has 1 aromatic carbocycles. The van der Waals surface area contributed by atoms with Crippen LogP contribution in [0.1, 0.15) is 32.4 Å². The van der Waals surface area contributed by atoms with E-state index in [9.17, 15) is 5.26 Å². The second-order valence-electron chi connectivity index (χ2n) is 5.94. The molecule has 18 heavy (non-hydrogen) atoms. The number of nitrogens with zero attached hydrogens (tertiary/aromatic N) is 1. The Hall–Kier alpha value is -0.823. The second-order valence-corrected chi connectivity index (χ2v) is 11.1. The monoisotopic (exact) mass is 281 g/mol. The zero-order valence-electron chi connectivity index (χ0n) is 11.6. The fourth-order valence-corrected chi connectivity index (χ4v) is 2.54. The molecule has 2 nitrogen and oxygen atoms in total. The van der Waals surface area contributed by atoms with Crippen LogP contribution in [0.4, 0.5) is 0 Å². The average Bonchev–Trinajstić information content (AvgIpc) is 2.25. The van der Waals surface area contributed by atoms with Gasteiger partial charge in [-0.1, -0.05) is 44.5 Å². The van der Waals surface area contributed by atoms with Crippen LogP contribution in [0.5, 0.6) is 0 Å². The minimum Gasteiger partial charge on any atom is -0.398 e. The summed E-state index contributed by atoms with van der Waals surface area (Å²) in [5.41, 5.74) is 0.867. The Labute approximate surface area is 116 Å². The molecule has 0 bridgehead atoms. The highest BCUT2D eigenvalue weighted by Gasteiger charge is 2.39. The van der Waals surface area contributed by atoms with Crippen molar-refractivity contribution in [3.05, 3.63) is 34.9 Å². The van der Waals surface area contributed by atoms with Gasteiger partial charge in [0.1, 0.15) is 0 Å². The minimum atomic E-state index is -1.94. The molecule has 4 heteroatoms. The summed E-state index contributed by atoms with van der Waals surface area (Å²) in [5.74, 6) is 0. The Morgan fingerprint density at radius 2 is 1.72 bits per heavy atom. The zero-order chi connectivity index (χ0) is 14.0. The molecule has 0 N–H and O–H groups in total. The number of nitriles is 1. The lowest BCUT2D eigenvalue weighted by atomic mass is 10.1. The van der Waals surface area contributed by atoms with Crippen LogP contribution in [0, 0.1) is 11.3 Å². The maximum absolute atomic E-state index is 9.29. The Morgan fingerprint density at radius 1 is 1.22 bits per heavy atom. The molecule has 0 amide bonds. The van der Waals surface area contributed by atoms with E-state index in [4.69, 9.17) is 16.0 Å². The van der Waals surface area contributed by atoms with Crippen LogP contribution >= 0.6 is 11.6 Å². The molecule has 1 aromatic rings. The number of hydrogen-bond acceptors (Lipinski definition) is 2. The highest BCUT2D eigenvalue weighted by Crippen LogP contribution is 2.39. The molecule has 0 aromatic heterocycles. The molecule has 1 rings (SSSR count). The van der Waals surface area contributed by atoms with Gasteiger partial charge in [0.05, 0.1) is 6.07 Å². The summed E-state index contributed by atoms with van der Waals surface area (Å²) in [6, 6.07) is 9.51. The summed E-state index contributed by atoms with van der Waals surface area (Å²) < 4.78 is 6.11. The van der Waals surface area contributed by atoms with E-state index in [2.05, 4.69) is 39.9 Å². The zero-order valence-corrected chi connectivity index (χ0v) is 13.4. The van der Waals surface area contributed by atoms with Gasteiger partial charge < -0.3 is 4.43 Å². The first kappa shape index (κ1) is 15.2. The molecule has 1 atom stereocenters. The van der Waals surface area contributed by atoms with Crippen molar-refractivity contribution < 1.29 is 4.43 Å². The lowest BCUT2D eigenvalue weighted by Crippen LogP contribution is -2.41. The van der Waals surface area contributed by atoms with E-state index in [0.29, 0.717) is 5.02 Å². The standard InChI is InChI=1S/C14H20ClNOSi/c1-14(2,3)18(4,5)17-13(10-16)11-6-8-12(15)9-7-11/h6-9,13H,1-5H3/t13-/m1/s1. The van der Waals surface area contributed by atoms with Gasteiger partial charge in [-0.2, -0.15) is 5.26 Å². The van der Waals surface area contributed by atoms with Crippen LogP contribution in [0.3, 0.4) is 0 Å². The number of rotatable bonds is 3. The van der Waals surface area contributed by atoms with Crippen molar-refractivity contribution in [1.82, 2.24) is 0 Å². The Morgan fingerprint density at radius 3 is 2.11 bits per heavy atom. The molecule has 0 saturated heterocycles. The molecule has 0 saturated carbocycles. The SMILES string of the molecule is CC(C)(C)[Si](C)(C)O[C@H](C#N)c1ccc(Cl)cc1. The third-order valence-corrected chi connectivity index (χ3v) is 8.20. The first-order valence-corrected chi connectivity index (χ1v) is 9.29. The van der Waals surface area contributed by atoms with Gasteiger partial charge in [-0.25, -0.2) is 0 Å². The van der Waals surface area contributed by atoms with E-state index in [1.807, 2.05) is 12.1 Å². The van der Waals surface area contributed by atoms with Crippen LogP contribution in [0.25, 0.3) is 0 Å². The smallest absolute Gasteiger partial charge is 0.194 e. The largest absolute Gasteiger partial charge is 0.398 e. The van der Waals surface area contributed by atoms with Gasteiger partial charge in [-0.3, -0.25) is 0 Å². The molecule has 0 heterocycles. The third kappa shape index (κ3) is 3.58. The van der Waals surface area contributed by atoms with E-state index >= 15 is 0 Å². The first-order valence-electron chi connectivity index (χ1n) is 6.00. The van der Waals surface area contributed by atoms with E-state index in [1.54, 1.807) is 12.1 Å². The van der Waals surface area contributed by atoms with Crippen LogP contribution in [-0.2, 0) is 4.43 Å². The van der Waals surface area contributed by atoms with Gasteiger partial charge in [-0.05, 0) is 35.8 Å². The summed E-state index contributed by atoms with van der Waals surface area (Å²) >= 11 is 5.85. The van der Waals surface area contributed by atoms with Gasteiger partial charge in [0.15, 0.2) is 14.4 Å². The summed E-state index contributed by atoms with van der Waals surface area (Å²) in [6.07, 6.45) is -0.511. The van der Waals surface area contributed by atoms with Gasteiger partial charge in [-0.15, -0.1) is 0 Å². The predicted octanol–water partition coefficient (Wildman–Crippen LogP) is 4.93. The number of halogens is 1. The van der Waals surface area contributed by atoms with Crippen molar-refractivity contribution in [2.24, 2.45) is 0 Å². The van der Waals surface area contributed by atoms with Crippen LogP contribution in [0.2, 0.25) is 23.2 Å². The molecule has 0 aliphatic carbocycles. The fraction of sp³-hybridized carbons (Fsp3) is 0.500. The van der Waals surface area contributed by atoms with E-state index in [-0.39, 0.29) is 5.04 Å². The number of hydrogen-bond donors (Lipinski definition) is 0. The number of benzene rings is 1. The third-order valence-electron chi connectivity index (χ3n) is 3.51. The van der Waals surface area contributed by atoms with Crippen LogP contribution in [-0.4, -0.2) is 8.32 Å². The molecule has 0 aliphatic rings. The lowest BCUT2D eigenvalue weighted by molar-refractivity contribution is 0.236. The van der Waals surface area contributed by atoms with Crippen molar-refractivity contribution in [3.63, 3.8) is 0 Å². The molecule has 0 unspecified atom stereocenters. The Kier molecular flexibility index (Phi) is 4.60. The van der Waals surface area contributed by atoms with Gasteiger partial charge in [0.2, 0.25) is 0 Å². The van der Waals surface area contributed by atoms with Crippen LogP contribution in [0.15, 0.2) is 24.3 Å². The molecule has 0 radical (unpaired) electrons. The molecule has 0 aliphatic heterocycles. The highest BCUT2D eigenvalue weighted by molar-refractivity contribution is 6.74. The van der Waals surface area contributed by atoms with Gasteiger partial charge in [0.25, 0.3) is 0 Å². The Bertz CT molecular complexity index is 442. The van der Waals surface area contributed by atoms with Gasteiger partial charge in [0, 0.05) is 5.02 Å². The van der Waals surface area contributed by atoms with Crippen LogP contribution < -0.4 is 0 Å². The molecule has 0 spiro atoms. The molecule has 0 fully saturated rings. The summed E-state index contributed by atoms with van der Waals surface area (Å²) in [6.45, 7) is 10.8. The first-order chi connectivity index (χ1) is 8.17. The van der Waals surface area contributed by atoms with Crippen molar-refractivity contribution in [2.75, 3.05) is 0 Å². The topological polar surface area (TPSA) is 33.0 Å². The molecule has 98 valence electrons. The molecular formula is C14H20ClNOSi. The van der Waals surface area contributed by atoms with E-state index in [1.165, 1.54) is 0 Å².